The third-order valence-corrected chi connectivity index (χ3v) is 3.61. The molecule has 0 atom stereocenters. The first kappa shape index (κ1) is 10.5. The van der Waals surface area contributed by atoms with Crippen LogP contribution in [0.2, 0.25) is 0 Å². The maximum absolute atomic E-state index is 9.51. The highest BCUT2D eigenvalue weighted by Gasteiger charge is 2.27. The topological polar surface area (TPSA) is 38.7 Å². The number of fused-ring (bicyclic) bond motifs is 4. The quantitative estimate of drug-likeness (QED) is 0.783. The van der Waals surface area contributed by atoms with Crippen molar-refractivity contribution in [3.05, 3.63) is 53.6 Å². The Balaban J connectivity index is 1.94. The lowest BCUT2D eigenvalue weighted by atomic mass is 9.91. The zero-order chi connectivity index (χ0) is 12.8. The van der Waals surface area contributed by atoms with Gasteiger partial charge in [-0.15, -0.1) is 0 Å². The number of para-hydroxylation sites is 1. The summed E-state index contributed by atoms with van der Waals surface area (Å²) in [6.45, 7) is 1.07. The summed E-state index contributed by atoms with van der Waals surface area (Å²) in [6, 6.07) is 13.2. The van der Waals surface area contributed by atoms with Gasteiger partial charge in [-0.05, 0) is 18.2 Å². The van der Waals surface area contributed by atoms with Crippen molar-refractivity contribution in [2.24, 2.45) is 0 Å². The zero-order valence-corrected chi connectivity index (χ0v) is 10.2. The monoisotopic (exact) mass is 252 g/mol. The largest absolute Gasteiger partial charge is 0.508 e. The van der Waals surface area contributed by atoms with Gasteiger partial charge < -0.3 is 14.6 Å². The van der Waals surface area contributed by atoms with Gasteiger partial charge in [0.05, 0.1) is 0 Å². The second kappa shape index (κ2) is 3.79. The average Bonchev–Trinajstić information content (AvgIpc) is 2.46. The molecule has 0 aliphatic carbocycles. The van der Waals surface area contributed by atoms with Crippen LogP contribution in [0.3, 0.4) is 0 Å². The number of aromatic hydroxyl groups is 1. The molecule has 4 rings (SSSR count). The van der Waals surface area contributed by atoms with Gasteiger partial charge in [-0.3, -0.25) is 0 Å². The number of hydrogen-bond acceptors (Lipinski definition) is 3. The van der Waals surface area contributed by atoms with Gasteiger partial charge in [0.25, 0.3) is 0 Å². The van der Waals surface area contributed by atoms with Crippen LogP contribution in [0, 0.1) is 0 Å². The fourth-order valence-electron chi connectivity index (χ4n) is 2.68. The van der Waals surface area contributed by atoms with E-state index in [2.05, 4.69) is 6.07 Å². The second-order valence-electron chi connectivity index (χ2n) is 4.71. The van der Waals surface area contributed by atoms with Crippen molar-refractivity contribution in [2.45, 2.75) is 0 Å². The van der Waals surface area contributed by atoms with Crippen LogP contribution in [0.5, 0.6) is 17.2 Å². The first-order valence-electron chi connectivity index (χ1n) is 6.23. The third kappa shape index (κ3) is 1.51. The second-order valence-corrected chi connectivity index (χ2v) is 4.71. The Morgan fingerprint density at radius 3 is 2.32 bits per heavy atom. The van der Waals surface area contributed by atoms with Gasteiger partial charge in [-0.2, -0.15) is 0 Å². The first-order valence-corrected chi connectivity index (χ1v) is 6.23. The molecule has 0 bridgehead atoms. The van der Waals surface area contributed by atoms with Crippen LogP contribution >= 0.6 is 0 Å². The van der Waals surface area contributed by atoms with E-state index in [1.54, 1.807) is 12.1 Å². The highest BCUT2D eigenvalue weighted by atomic mass is 16.5. The average molecular weight is 252 g/mol. The summed E-state index contributed by atoms with van der Waals surface area (Å²) >= 11 is 0. The minimum absolute atomic E-state index is 0.222. The molecule has 94 valence electrons. The van der Waals surface area contributed by atoms with E-state index in [4.69, 9.17) is 9.47 Å². The molecule has 0 radical (unpaired) electrons. The van der Waals surface area contributed by atoms with Crippen molar-refractivity contribution in [1.82, 2.24) is 0 Å². The summed E-state index contributed by atoms with van der Waals surface area (Å²) in [5.74, 6) is 1.86. The minimum atomic E-state index is 0.222. The molecule has 0 spiro atoms. The van der Waals surface area contributed by atoms with E-state index in [0.29, 0.717) is 13.2 Å². The maximum atomic E-state index is 9.51. The normalized spacial score (nSPS) is 15.8. The van der Waals surface area contributed by atoms with E-state index in [1.807, 2.05) is 24.3 Å². The van der Waals surface area contributed by atoms with Crippen LogP contribution in [0.15, 0.2) is 42.5 Å². The lowest BCUT2D eigenvalue weighted by Crippen LogP contribution is -2.18. The predicted molar refractivity (Wildman–Crippen MR) is 72.4 cm³/mol. The van der Waals surface area contributed by atoms with Gasteiger partial charge in [0.1, 0.15) is 30.5 Å². The number of ether oxygens (including phenoxy) is 2. The SMILES string of the molecule is Oc1ccc2c(c1)OCC1=C2COc2ccccc21. The van der Waals surface area contributed by atoms with Crippen molar-refractivity contribution in [2.75, 3.05) is 13.2 Å². The lowest BCUT2D eigenvalue weighted by molar-refractivity contribution is 0.336. The molecule has 0 aromatic heterocycles. The summed E-state index contributed by atoms with van der Waals surface area (Å²) in [6.07, 6.45) is 0. The Kier molecular flexibility index (Phi) is 2.09. The Hall–Kier alpha value is -2.42. The summed E-state index contributed by atoms with van der Waals surface area (Å²) in [7, 11) is 0. The van der Waals surface area contributed by atoms with Crippen molar-refractivity contribution in [3.63, 3.8) is 0 Å². The van der Waals surface area contributed by atoms with Crippen LogP contribution in [0.25, 0.3) is 11.1 Å². The summed E-state index contributed by atoms with van der Waals surface area (Å²) in [4.78, 5) is 0. The fourth-order valence-corrected chi connectivity index (χ4v) is 2.68. The lowest BCUT2D eigenvalue weighted by Gasteiger charge is -2.29. The van der Waals surface area contributed by atoms with E-state index in [9.17, 15) is 5.11 Å². The molecule has 0 amide bonds. The predicted octanol–water partition coefficient (Wildman–Crippen LogP) is 3.09. The van der Waals surface area contributed by atoms with E-state index >= 15 is 0 Å². The number of hydrogen-bond donors (Lipinski definition) is 1. The van der Waals surface area contributed by atoms with Crippen molar-refractivity contribution in [1.29, 1.82) is 0 Å². The van der Waals surface area contributed by atoms with Gasteiger partial charge in [0.2, 0.25) is 0 Å². The van der Waals surface area contributed by atoms with Gasteiger partial charge in [-0.25, -0.2) is 0 Å². The van der Waals surface area contributed by atoms with E-state index in [0.717, 1.165) is 28.2 Å². The smallest absolute Gasteiger partial charge is 0.131 e. The Morgan fingerprint density at radius 1 is 0.789 bits per heavy atom. The standard InChI is InChI=1S/C16H12O3/c17-10-5-6-12-14-8-18-15-4-2-1-3-11(15)13(14)9-19-16(12)7-10/h1-7,17H,8-9H2. The molecular formula is C16H12O3. The van der Waals surface area contributed by atoms with E-state index in [-0.39, 0.29) is 5.75 Å². The van der Waals surface area contributed by atoms with Crippen LogP contribution < -0.4 is 9.47 Å². The van der Waals surface area contributed by atoms with E-state index in [1.165, 1.54) is 5.57 Å². The molecular weight excluding hydrogens is 240 g/mol. The van der Waals surface area contributed by atoms with Gasteiger partial charge in [0.15, 0.2) is 0 Å². The molecule has 19 heavy (non-hydrogen) atoms. The fraction of sp³-hybridized carbons (Fsp3) is 0.125. The van der Waals surface area contributed by atoms with Crippen molar-refractivity contribution < 1.29 is 14.6 Å². The van der Waals surface area contributed by atoms with Crippen molar-refractivity contribution in [3.8, 4) is 17.2 Å². The molecule has 0 unspecified atom stereocenters. The molecule has 0 saturated heterocycles. The van der Waals surface area contributed by atoms with Crippen LogP contribution in [-0.4, -0.2) is 18.3 Å². The van der Waals surface area contributed by atoms with Crippen LogP contribution in [0.4, 0.5) is 0 Å². The molecule has 1 N–H and O–H groups in total. The molecule has 3 nitrogen and oxygen atoms in total. The molecule has 2 aliphatic rings. The van der Waals surface area contributed by atoms with Crippen molar-refractivity contribution >= 4 is 11.1 Å². The highest BCUT2D eigenvalue weighted by Crippen LogP contribution is 2.43. The number of benzene rings is 2. The Bertz CT molecular complexity index is 701. The number of phenols is 1. The summed E-state index contributed by atoms with van der Waals surface area (Å²) in [5.41, 5.74) is 4.44. The zero-order valence-electron chi connectivity index (χ0n) is 10.2. The third-order valence-electron chi connectivity index (χ3n) is 3.61. The minimum Gasteiger partial charge on any atom is -0.508 e. The number of rotatable bonds is 0. The van der Waals surface area contributed by atoms with E-state index < -0.39 is 0 Å². The molecule has 0 fully saturated rings. The highest BCUT2D eigenvalue weighted by molar-refractivity contribution is 5.97. The summed E-state index contributed by atoms with van der Waals surface area (Å²) < 4.78 is 11.6. The molecule has 2 aromatic rings. The van der Waals surface area contributed by atoms with Gasteiger partial charge >= 0.3 is 0 Å². The molecule has 2 aromatic carbocycles. The Morgan fingerprint density at radius 2 is 1.47 bits per heavy atom. The first-order chi connectivity index (χ1) is 9.33. The summed E-state index contributed by atoms with van der Waals surface area (Å²) in [5, 5.41) is 9.51. The molecule has 2 aliphatic heterocycles. The molecule has 2 heterocycles. The van der Waals surface area contributed by atoms with Crippen LogP contribution in [0.1, 0.15) is 11.1 Å². The molecule has 0 saturated carbocycles. The van der Waals surface area contributed by atoms with Gasteiger partial charge in [-0.1, -0.05) is 18.2 Å². The Labute approximate surface area is 110 Å². The van der Waals surface area contributed by atoms with Crippen LogP contribution in [-0.2, 0) is 0 Å². The maximum Gasteiger partial charge on any atom is 0.131 e. The van der Waals surface area contributed by atoms with Gasteiger partial charge in [0, 0.05) is 28.3 Å². The molecule has 3 heteroatoms. The number of phenolic OH excluding ortho intramolecular Hbond substituents is 1.